The van der Waals surface area contributed by atoms with Gasteiger partial charge in [-0.2, -0.15) is 0 Å². The molecule has 0 aromatic heterocycles. The van der Waals surface area contributed by atoms with E-state index in [9.17, 15) is 17.5 Å². The SMILES string of the molecule is O=S(O)C[C@H]1[C@@H]2CC[C@@H](C2)[C@@H]1CSSC[C@H]1[C@H]2CC[C@H](C2)[C@@H]1CS(=O)O. The van der Waals surface area contributed by atoms with Gasteiger partial charge in [0, 0.05) is 11.5 Å². The summed E-state index contributed by atoms with van der Waals surface area (Å²) < 4.78 is 41.4. The van der Waals surface area contributed by atoms with Crippen molar-refractivity contribution in [3.05, 3.63) is 0 Å². The van der Waals surface area contributed by atoms with E-state index in [4.69, 9.17) is 0 Å². The third kappa shape index (κ3) is 4.25. The maximum atomic E-state index is 11.3. The standard InChI is InChI=1S/C18H30O4S4/c19-25(20)9-17-13-3-1-11(5-13)15(17)7-23-24-8-16-12-2-4-14(6-12)18(16)10-26(21)22/h11-18H,1-10H2,(H,19,20)(H,21,22)/t11-,12-,13+,14+,15-,16-,17-,18-/m0/s1. The molecule has 26 heavy (non-hydrogen) atoms. The van der Waals surface area contributed by atoms with Crippen LogP contribution < -0.4 is 0 Å². The van der Waals surface area contributed by atoms with Crippen LogP contribution in [0, 0.1) is 47.3 Å². The van der Waals surface area contributed by atoms with Gasteiger partial charge in [0.05, 0.1) is 11.5 Å². The Morgan fingerprint density at radius 1 is 0.654 bits per heavy atom. The van der Waals surface area contributed by atoms with Crippen molar-refractivity contribution in [2.45, 2.75) is 38.5 Å². The number of hydrogen-bond acceptors (Lipinski definition) is 4. The van der Waals surface area contributed by atoms with Crippen molar-refractivity contribution in [2.24, 2.45) is 47.3 Å². The van der Waals surface area contributed by atoms with Crippen molar-refractivity contribution < 1.29 is 17.5 Å². The molecule has 4 bridgehead atoms. The molecule has 10 atom stereocenters. The van der Waals surface area contributed by atoms with Crippen molar-refractivity contribution in [2.75, 3.05) is 23.0 Å². The summed E-state index contributed by atoms with van der Waals surface area (Å²) >= 11 is -3.33. The van der Waals surface area contributed by atoms with E-state index in [-0.39, 0.29) is 0 Å². The first-order valence-corrected chi connectivity index (χ1v) is 15.0. The summed E-state index contributed by atoms with van der Waals surface area (Å²) in [6.07, 6.45) is 7.68. The molecule has 0 heterocycles. The molecular formula is C18H30O4S4. The Morgan fingerprint density at radius 3 is 1.35 bits per heavy atom. The van der Waals surface area contributed by atoms with E-state index >= 15 is 0 Å². The molecule has 0 aliphatic heterocycles. The first-order valence-electron chi connectivity index (χ1n) is 9.92. The lowest BCUT2D eigenvalue weighted by Gasteiger charge is -2.31. The third-order valence-corrected chi connectivity index (χ3v) is 11.7. The van der Waals surface area contributed by atoms with Crippen LogP contribution in [0.4, 0.5) is 0 Å². The highest BCUT2D eigenvalue weighted by Crippen LogP contribution is 2.56. The first kappa shape index (κ1) is 20.2. The van der Waals surface area contributed by atoms with E-state index in [0.717, 1.165) is 23.3 Å². The van der Waals surface area contributed by atoms with Gasteiger partial charge in [-0.25, -0.2) is 8.42 Å². The van der Waals surface area contributed by atoms with Gasteiger partial charge < -0.3 is 9.11 Å². The van der Waals surface area contributed by atoms with Gasteiger partial charge >= 0.3 is 0 Å². The Labute approximate surface area is 169 Å². The molecule has 4 aliphatic rings. The van der Waals surface area contributed by atoms with Gasteiger partial charge in [-0.3, -0.25) is 0 Å². The topological polar surface area (TPSA) is 74.6 Å². The molecule has 4 saturated carbocycles. The molecule has 4 nitrogen and oxygen atoms in total. The molecule has 0 spiro atoms. The maximum Gasteiger partial charge on any atom is 0.153 e. The van der Waals surface area contributed by atoms with E-state index < -0.39 is 22.2 Å². The molecule has 4 aliphatic carbocycles. The minimum atomic E-state index is -1.67. The van der Waals surface area contributed by atoms with Gasteiger partial charge in [0.25, 0.3) is 0 Å². The second-order valence-corrected chi connectivity index (χ2v) is 13.4. The average Bonchev–Trinajstić information content (AvgIpc) is 3.33. The van der Waals surface area contributed by atoms with Crippen LogP contribution in [0.3, 0.4) is 0 Å². The zero-order chi connectivity index (χ0) is 18.3. The van der Waals surface area contributed by atoms with E-state index in [1.54, 1.807) is 0 Å². The average molecular weight is 439 g/mol. The van der Waals surface area contributed by atoms with Gasteiger partial charge in [-0.1, -0.05) is 21.6 Å². The minimum Gasteiger partial charge on any atom is -0.306 e. The van der Waals surface area contributed by atoms with Gasteiger partial charge in [0.15, 0.2) is 22.2 Å². The first-order chi connectivity index (χ1) is 12.5. The highest BCUT2D eigenvalue weighted by molar-refractivity contribution is 8.76. The second-order valence-electron chi connectivity index (χ2n) is 8.87. The number of fused-ring (bicyclic) bond motifs is 4. The van der Waals surface area contributed by atoms with Gasteiger partial charge in [-0.15, -0.1) is 0 Å². The van der Waals surface area contributed by atoms with E-state index in [1.807, 2.05) is 21.6 Å². The fourth-order valence-electron chi connectivity index (χ4n) is 6.68. The fraction of sp³-hybridized carbons (Fsp3) is 1.00. The molecule has 2 N–H and O–H groups in total. The van der Waals surface area contributed by atoms with Crippen molar-refractivity contribution in [3.8, 4) is 0 Å². The van der Waals surface area contributed by atoms with E-state index in [0.29, 0.717) is 47.0 Å². The van der Waals surface area contributed by atoms with Crippen LogP contribution in [-0.2, 0) is 22.2 Å². The van der Waals surface area contributed by atoms with Gasteiger partial charge in [-0.05, 0) is 85.9 Å². The lowest BCUT2D eigenvalue weighted by atomic mass is 9.81. The van der Waals surface area contributed by atoms with E-state index in [1.165, 1.54) is 38.5 Å². The highest BCUT2D eigenvalue weighted by Gasteiger charge is 2.49. The Balaban J connectivity index is 1.26. The minimum absolute atomic E-state index is 0.444. The molecule has 0 radical (unpaired) electrons. The summed E-state index contributed by atoms with van der Waals surface area (Å²) in [4.78, 5) is 0. The Kier molecular flexibility index (Phi) is 6.79. The summed E-state index contributed by atoms with van der Waals surface area (Å²) in [6, 6.07) is 0. The van der Waals surface area contributed by atoms with Crippen LogP contribution in [-0.4, -0.2) is 40.5 Å². The van der Waals surface area contributed by atoms with Crippen molar-refractivity contribution in [1.29, 1.82) is 0 Å². The predicted octanol–water partition coefficient (Wildman–Crippen LogP) is 4.14. The smallest absolute Gasteiger partial charge is 0.153 e. The zero-order valence-corrected chi connectivity index (χ0v) is 18.3. The van der Waals surface area contributed by atoms with Gasteiger partial charge in [0.1, 0.15) is 0 Å². The lowest BCUT2D eigenvalue weighted by molar-refractivity contribution is 0.265. The second kappa shape index (κ2) is 8.74. The van der Waals surface area contributed by atoms with Crippen LogP contribution in [0.2, 0.25) is 0 Å². The molecule has 150 valence electrons. The molecule has 4 rings (SSSR count). The summed E-state index contributed by atoms with van der Waals surface area (Å²) in [5, 5.41) is 0. The largest absolute Gasteiger partial charge is 0.306 e. The predicted molar refractivity (Wildman–Crippen MR) is 112 cm³/mol. The Hall–Kier alpha value is 0.920. The molecule has 8 heteroatoms. The maximum absolute atomic E-state index is 11.3. The Bertz CT molecular complexity index is 511. The lowest BCUT2D eigenvalue weighted by Crippen LogP contribution is -2.29. The van der Waals surface area contributed by atoms with Crippen LogP contribution in [0.1, 0.15) is 38.5 Å². The molecule has 0 aromatic carbocycles. The molecular weight excluding hydrogens is 408 g/mol. The normalized spacial score (nSPS) is 46.1. The van der Waals surface area contributed by atoms with Crippen LogP contribution >= 0.6 is 21.6 Å². The van der Waals surface area contributed by atoms with Crippen LogP contribution in [0.25, 0.3) is 0 Å². The third-order valence-electron chi connectivity index (χ3n) is 7.82. The number of hydrogen-bond donors (Lipinski definition) is 2. The molecule has 0 saturated heterocycles. The molecule has 4 fully saturated rings. The zero-order valence-electron chi connectivity index (χ0n) is 15.0. The monoisotopic (exact) mass is 438 g/mol. The van der Waals surface area contributed by atoms with Crippen LogP contribution in [0.15, 0.2) is 0 Å². The Morgan fingerprint density at radius 2 is 1.00 bits per heavy atom. The molecule has 2 unspecified atom stereocenters. The molecule has 0 amide bonds. The fourth-order valence-corrected chi connectivity index (χ4v) is 11.4. The molecule has 0 aromatic rings. The van der Waals surface area contributed by atoms with E-state index in [2.05, 4.69) is 0 Å². The van der Waals surface area contributed by atoms with Gasteiger partial charge in [0.2, 0.25) is 0 Å². The quantitative estimate of drug-likeness (QED) is 0.320. The summed E-state index contributed by atoms with van der Waals surface area (Å²) in [6.45, 7) is 0. The summed E-state index contributed by atoms with van der Waals surface area (Å²) in [7, 11) is 3.91. The van der Waals surface area contributed by atoms with Crippen LogP contribution in [0.5, 0.6) is 0 Å². The summed E-state index contributed by atoms with van der Waals surface area (Å²) in [5.74, 6) is 8.16. The highest BCUT2D eigenvalue weighted by atomic mass is 33.1. The van der Waals surface area contributed by atoms with Crippen molar-refractivity contribution in [1.82, 2.24) is 0 Å². The van der Waals surface area contributed by atoms with Crippen molar-refractivity contribution >= 4 is 43.7 Å². The summed E-state index contributed by atoms with van der Waals surface area (Å²) in [5.41, 5.74) is 0. The van der Waals surface area contributed by atoms with Crippen molar-refractivity contribution in [3.63, 3.8) is 0 Å². The number of rotatable bonds is 9.